The minimum atomic E-state index is -0.873. The van der Waals surface area contributed by atoms with Gasteiger partial charge in [0, 0.05) is 0 Å². The summed E-state index contributed by atoms with van der Waals surface area (Å²) in [6.45, 7) is 5.73. The van der Waals surface area contributed by atoms with Gasteiger partial charge in [-0.15, -0.1) is 0 Å². The third kappa shape index (κ3) is 3.74. The molecule has 3 rings (SSSR count). The first-order chi connectivity index (χ1) is 12.9. The second kappa shape index (κ2) is 7.70. The molecule has 0 aromatic heterocycles. The van der Waals surface area contributed by atoms with E-state index in [0.29, 0.717) is 17.2 Å². The molecule has 2 aromatic carbocycles. The summed E-state index contributed by atoms with van der Waals surface area (Å²) in [4.78, 5) is 26.6. The monoisotopic (exact) mass is 369 g/mol. The van der Waals surface area contributed by atoms with Gasteiger partial charge in [-0.3, -0.25) is 4.79 Å². The van der Waals surface area contributed by atoms with Gasteiger partial charge in [0.05, 0.1) is 19.3 Å². The molecule has 2 atom stereocenters. The molecule has 0 bridgehead atoms. The van der Waals surface area contributed by atoms with E-state index in [0.717, 1.165) is 11.1 Å². The maximum atomic E-state index is 13.1. The topological polar surface area (TPSA) is 65.1 Å². The highest BCUT2D eigenvalue weighted by molar-refractivity contribution is 5.99. The zero-order valence-corrected chi connectivity index (χ0v) is 15.9. The van der Waals surface area contributed by atoms with E-state index in [9.17, 15) is 9.59 Å². The fraction of sp³-hybridized carbons (Fsp3) is 0.333. The molecular formula is C21H23NO5. The summed E-state index contributed by atoms with van der Waals surface area (Å²) in [7, 11) is 1.30. The molecule has 1 aliphatic heterocycles. The van der Waals surface area contributed by atoms with E-state index in [4.69, 9.17) is 14.2 Å². The molecule has 0 radical (unpaired) electrons. The van der Waals surface area contributed by atoms with Crippen LogP contribution in [0.15, 0.2) is 42.5 Å². The smallest absolute Gasteiger partial charge is 0.348 e. The van der Waals surface area contributed by atoms with Crippen LogP contribution >= 0.6 is 0 Å². The van der Waals surface area contributed by atoms with Crippen molar-refractivity contribution < 1.29 is 23.8 Å². The van der Waals surface area contributed by atoms with Crippen molar-refractivity contribution in [1.82, 2.24) is 0 Å². The number of aryl methyl sites for hydroxylation is 1. The molecule has 0 saturated carbocycles. The number of methoxy groups -OCH3 is 1. The summed E-state index contributed by atoms with van der Waals surface area (Å²) in [6.07, 6.45) is -1.60. The van der Waals surface area contributed by atoms with Crippen LogP contribution in [-0.4, -0.2) is 37.7 Å². The summed E-state index contributed by atoms with van der Waals surface area (Å²) in [5.41, 5.74) is 2.70. The van der Waals surface area contributed by atoms with Crippen LogP contribution in [0.1, 0.15) is 18.1 Å². The van der Waals surface area contributed by atoms with Crippen molar-refractivity contribution in [2.45, 2.75) is 33.0 Å². The second-order valence-corrected chi connectivity index (χ2v) is 6.50. The molecule has 2 aromatic rings. The highest BCUT2D eigenvalue weighted by Gasteiger charge is 2.36. The summed E-state index contributed by atoms with van der Waals surface area (Å²) in [5, 5.41) is 0. The predicted octanol–water partition coefficient (Wildman–Crippen LogP) is 3.04. The lowest BCUT2D eigenvalue weighted by Crippen LogP contribution is -2.51. The van der Waals surface area contributed by atoms with E-state index >= 15 is 0 Å². The Morgan fingerprint density at radius 3 is 2.63 bits per heavy atom. The van der Waals surface area contributed by atoms with Crippen molar-refractivity contribution in [2.75, 3.05) is 18.6 Å². The predicted molar refractivity (Wildman–Crippen MR) is 101 cm³/mol. The van der Waals surface area contributed by atoms with Gasteiger partial charge < -0.3 is 19.1 Å². The van der Waals surface area contributed by atoms with Gasteiger partial charge in [0.15, 0.2) is 6.10 Å². The molecule has 0 aliphatic carbocycles. The van der Waals surface area contributed by atoms with Crippen LogP contribution in [0.3, 0.4) is 0 Å². The average Bonchev–Trinajstić information content (AvgIpc) is 2.69. The molecule has 0 N–H and O–H groups in total. The van der Waals surface area contributed by atoms with Gasteiger partial charge in [-0.25, -0.2) is 4.79 Å². The number of benzene rings is 2. The Bertz CT molecular complexity index is 863. The molecule has 0 unspecified atom stereocenters. The van der Waals surface area contributed by atoms with E-state index in [1.165, 1.54) is 12.0 Å². The Morgan fingerprint density at radius 1 is 1.15 bits per heavy atom. The molecule has 0 spiro atoms. The molecule has 27 heavy (non-hydrogen) atoms. The Hall–Kier alpha value is -3.02. The molecule has 0 saturated heterocycles. The molecule has 1 heterocycles. The fourth-order valence-corrected chi connectivity index (χ4v) is 3.01. The van der Waals surface area contributed by atoms with Gasteiger partial charge >= 0.3 is 5.97 Å². The first kappa shape index (κ1) is 18.8. The number of nitrogens with zero attached hydrogens (tertiary/aromatic N) is 1. The highest BCUT2D eigenvalue weighted by atomic mass is 16.6. The van der Waals surface area contributed by atoms with Crippen molar-refractivity contribution in [3.05, 3.63) is 53.6 Å². The van der Waals surface area contributed by atoms with E-state index < -0.39 is 18.2 Å². The number of para-hydroxylation sites is 2. The third-order valence-electron chi connectivity index (χ3n) is 4.71. The normalized spacial score (nSPS) is 16.7. The molecule has 1 amide bonds. The summed E-state index contributed by atoms with van der Waals surface area (Å²) in [5.74, 6) is 0.360. The van der Waals surface area contributed by atoms with Crippen LogP contribution in [0.5, 0.6) is 11.5 Å². The summed E-state index contributed by atoms with van der Waals surface area (Å²) in [6, 6.07) is 12.8. The summed E-state index contributed by atoms with van der Waals surface area (Å²) >= 11 is 0. The van der Waals surface area contributed by atoms with Crippen molar-refractivity contribution in [1.29, 1.82) is 0 Å². The molecule has 0 fully saturated rings. The van der Waals surface area contributed by atoms with Crippen LogP contribution in [0.25, 0.3) is 0 Å². The van der Waals surface area contributed by atoms with Crippen molar-refractivity contribution in [3.63, 3.8) is 0 Å². The third-order valence-corrected chi connectivity index (χ3v) is 4.71. The number of anilines is 1. The van der Waals surface area contributed by atoms with E-state index in [2.05, 4.69) is 0 Å². The highest BCUT2D eigenvalue weighted by Crippen LogP contribution is 2.34. The molecule has 6 nitrogen and oxygen atoms in total. The number of ether oxygens (including phenoxy) is 3. The average molecular weight is 369 g/mol. The number of hydrogen-bond acceptors (Lipinski definition) is 5. The number of carbonyl (C=O) groups excluding carboxylic acids is 2. The zero-order valence-electron chi connectivity index (χ0n) is 15.9. The zero-order chi connectivity index (χ0) is 19.6. The van der Waals surface area contributed by atoms with Crippen LogP contribution < -0.4 is 14.4 Å². The maximum absolute atomic E-state index is 13.1. The van der Waals surface area contributed by atoms with Crippen LogP contribution in [0.2, 0.25) is 0 Å². The van der Waals surface area contributed by atoms with Crippen molar-refractivity contribution in [2.24, 2.45) is 0 Å². The first-order valence-corrected chi connectivity index (χ1v) is 8.80. The Morgan fingerprint density at radius 2 is 1.89 bits per heavy atom. The lowest BCUT2D eigenvalue weighted by atomic mass is 10.1. The van der Waals surface area contributed by atoms with Crippen molar-refractivity contribution in [3.8, 4) is 11.5 Å². The summed E-state index contributed by atoms with van der Waals surface area (Å²) < 4.78 is 16.4. The lowest BCUT2D eigenvalue weighted by Gasteiger charge is -2.34. The Balaban J connectivity index is 1.85. The lowest BCUT2D eigenvalue weighted by molar-refractivity contribution is -0.148. The minimum absolute atomic E-state index is 0.0724. The number of esters is 1. The number of carbonyl (C=O) groups is 2. The quantitative estimate of drug-likeness (QED) is 0.775. The standard InChI is InChI=1S/C21H23NO5/c1-13-8-7-11-17(14(13)2)26-15(3)20(23)22-12-19(21(24)25-4)27-18-10-6-5-9-16(18)22/h5-11,15,19H,12H2,1-4H3/t15-,19-/m1/s1. The van der Waals surface area contributed by atoms with Crippen LogP contribution in [-0.2, 0) is 14.3 Å². The Labute approximate surface area is 158 Å². The number of hydrogen-bond donors (Lipinski definition) is 0. The van der Waals surface area contributed by atoms with Crippen molar-refractivity contribution >= 4 is 17.6 Å². The molecule has 142 valence electrons. The minimum Gasteiger partial charge on any atom is -0.481 e. The number of rotatable bonds is 4. The number of amides is 1. The maximum Gasteiger partial charge on any atom is 0.348 e. The number of fused-ring (bicyclic) bond motifs is 1. The molecular weight excluding hydrogens is 346 g/mol. The van der Waals surface area contributed by atoms with E-state index in [-0.39, 0.29) is 12.5 Å². The van der Waals surface area contributed by atoms with E-state index in [1.54, 1.807) is 25.1 Å². The van der Waals surface area contributed by atoms with Crippen LogP contribution in [0, 0.1) is 13.8 Å². The Kier molecular flexibility index (Phi) is 5.35. The van der Waals surface area contributed by atoms with E-state index in [1.807, 2.05) is 38.1 Å². The van der Waals surface area contributed by atoms with Gasteiger partial charge in [-0.1, -0.05) is 24.3 Å². The van der Waals surface area contributed by atoms with Gasteiger partial charge in [-0.05, 0) is 50.1 Å². The van der Waals surface area contributed by atoms with Crippen LogP contribution in [0.4, 0.5) is 5.69 Å². The first-order valence-electron chi connectivity index (χ1n) is 8.80. The van der Waals surface area contributed by atoms with Gasteiger partial charge in [0.2, 0.25) is 6.10 Å². The largest absolute Gasteiger partial charge is 0.481 e. The van der Waals surface area contributed by atoms with Gasteiger partial charge in [-0.2, -0.15) is 0 Å². The molecule has 6 heteroatoms. The van der Waals surface area contributed by atoms with Gasteiger partial charge in [0.25, 0.3) is 5.91 Å². The molecule has 1 aliphatic rings. The van der Waals surface area contributed by atoms with Gasteiger partial charge in [0.1, 0.15) is 11.5 Å². The fourth-order valence-electron chi connectivity index (χ4n) is 3.01. The SMILES string of the molecule is COC(=O)[C@H]1CN(C(=O)[C@@H](C)Oc2cccc(C)c2C)c2ccccc2O1. The second-order valence-electron chi connectivity index (χ2n) is 6.50.